The zero-order valence-electron chi connectivity index (χ0n) is 10.5. The molecule has 0 bridgehead atoms. The van der Waals surface area contributed by atoms with Crippen LogP contribution in [0.1, 0.15) is 38.8 Å². The number of nitriles is 1. The van der Waals surface area contributed by atoms with Gasteiger partial charge in [-0.15, -0.1) is 0 Å². The molecular formula is C14H19N3. The van der Waals surface area contributed by atoms with Crippen LogP contribution in [0.25, 0.3) is 0 Å². The van der Waals surface area contributed by atoms with E-state index in [0.717, 1.165) is 11.6 Å². The molecule has 0 amide bonds. The molecule has 1 aromatic heterocycles. The van der Waals surface area contributed by atoms with Crippen molar-refractivity contribution in [3.8, 4) is 6.07 Å². The maximum atomic E-state index is 8.82. The Labute approximate surface area is 103 Å². The van der Waals surface area contributed by atoms with Crippen LogP contribution in [0.15, 0.2) is 18.3 Å². The van der Waals surface area contributed by atoms with E-state index in [0.29, 0.717) is 17.7 Å². The molecule has 1 aliphatic rings. The Kier molecular flexibility index (Phi) is 3.63. The van der Waals surface area contributed by atoms with Crippen LogP contribution in [-0.4, -0.2) is 11.0 Å². The molecule has 3 nitrogen and oxygen atoms in total. The van der Waals surface area contributed by atoms with Crippen molar-refractivity contribution in [3.63, 3.8) is 0 Å². The Bertz CT molecular complexity index is 422. The standard InChI is InChI=1S/C14H19N3/c1-10-4-3-5-14(11(10)2)17-12-6-7-16-13(8-12)9-15/h6-8,10-11,14H,3-5H2,1-2H3,(H,16,17). The Hall–Kier alpha value is -1.56. The number of nitrogens with one attached hydrogen (secondary N) is 1. The third-order valence-corrected chi connectivity index (χ3v) is 3.93. The highest BCUT2D eigenvalue weighted by Crippen LogP contribution is 2.31. The number of pyridine rings is 1. The van der Waals surface area contributed by atoms with Crippen LogP contribution in [-0.2, 0) is 0 Å². The van der Waals surface area contributed by atoms with E-state index in [4.69, 9.17) is 5.26 Å². The van der Waals surface area contributed by atoms with Gasteiger partial charge in [0.2, 0.25) is 0 Å². The summed E-state index contributed by atoms with van der Waals surface area (Å²) < 4.78 is 0. The van der Waals surface area contributed by atoms with Gasteiger partial charge in [0.25, 0.3) is 0 Å². The molecule has 3 unspecified atom stereocenters. The number of hydrogen-bond donors (Lipinski definition) is 1. The molecule has 90 valence electrons. The van der Waals surface area contributed by atoms with Gasteiger partial charge >= 0.3 is 0 Å². The molecule has 0 spiro atoms. The third kappa shape index (κ3) is 2.76. The Morgan fingerprint density at radius 3 is 3.00 bits per heavy atom. The van der Waals surface area contributed by atoms with Gasteiger partial charge < -0.3 is 5.32 Å². The minimum atomic E-state index is 0.478. The van der Waals surface area contributed by atoms with Crippen LogP contribution in [0.2, 0.25) is 0 Å². The van der Waals surface area contributed by atoms with Crippen LogP contribution < -0.4 is 5.32 Å². The number of aromatic nitrogens is 1. The number of nitrogens with zero attached hydrogens (tertiary/aromatic N) is 2. The van der Waals surface area contributed by atoms with Crippen molar-refractivity contribution in [2.24, 2.45) is 11.8 Å². The summed E-state index contributed by atoms with van der Waals surface area (Å²) in [5.74, 6) is 1.46. The Morgan fingerprint density at radius 2 is 2.24 bits per heavy atom. The second-order valence-corrected chi connectivity index (χ2v) is 5.06. The molecule has 1 aromatic rings. The fourth-order valence-corrected chi connectivity index (χ4v) is 2.58. The predicted octanol–water partition coefficient (Wildman–Crippen LogP) is 3.19. The normalized spacial score (nSPS) is 28.4. The fourth-order valence-electron chi connectivity index (χ4n) is 2.58. The minimum absolute atomic E-state index is 0.478. The lowest BCUT2D eigenvalue weighted by Gasteiger charge is -2.35. The molecule has 3 heteroatoms. The van der Waals surface area contributed by atoms with E-state index in [1.54, 1.807) is 6.20 Å². The van der Waals surface area contributed by atoms with Crippen LogP contribution in [0.4, 0.5) is 5.69 Å². The van der Waals surface area contributed by atoms with Gasteiger partial charge in [-0.2, -0.15) is 5.26 Å². The van der Waals surface area contributed by atoms with Crippen LogP contribution in [0.3, 0.4) is 0 Å². The first-order valence-corrected chi connectivity index (χ1v) is 6.33. The first-order chi connectivity index (χ1) is 8.20. The van der Waals surface area contributed by atoms with E-state index >= 15 is 0 Å². The third-order valence-electron chi connectivity index (χ3n) is 3.93. The first kappa shape index (κ1) is 11.9. The molecule has 1 aliphatic carbocycles. The largest absolute Gasteiger partial charge is 0.382 e. The summed E-state index contributed by atoms with van der Waals surface area (Å²) in [6.45, 7) is 4.64. The molecule has 3 atom stereocenters. The molecule has 0 aromatic carbocycles. The van der Waals surface area contributed by atoms with Gasteiger partial charge in [0.15, 0.2) is 0 Å². The average Bonchev–Trinajstić information content (AvgIpc) is 2.35. The molecule has 0 saturated heterocycles. The molecule has 1 N–H and O–H groups in total. The van der Waals surface area contributed by atoms with Crippen molar-refractivity contribution in [3.05, 3.63) is 24.0 Å². The molecule has 0 radical (unpaired) electrons. The van der Waals surface area contributed by atoms with Crippen molar-refractivity contribution in [1.29, 1.82) is 5.26 Å². The van der Waals surface area contributed by atoms with E-state index in [-0.39, 0.29) is 0 Å². The Morgan fingerprint density at radius 1 is 1.41 bits per heavy atom. The summed E-state index contributed by atoms with van der Waals surface area (Å²) in [7, 11) is 0. The zero-order valence-corrected chi connectivity index (χ0v) is 10.5. The van der Waals surface area contributed by atoms with Crippen molar-refractivity contribution < 1.29 is 0 Å². The maximum Gasteiger partial charge on any atom is 0.142 e. The lowest BCUT2D eigenvalue weighted by Crippen LogP contribution is -2.35. The minimum Gasteiger partial charge on any atom is -0.382 e. The topological polar surface area (TPSA) is 48.7 Å². The van der Waals surface area contributed by atoms with Crippen molar-refractivity contribution in [2.45, 2.75) is 39.2 Å². The number of anilines is 1. The highest BCUT2D eigenvalue weighted by Gasteiger charge is 2.26. The molecule has 1 heterocycles. The number of hydrogen-bond acceptors (Lipinski definition) is 3. The molecule has 1 saturated carbocycles. The van der Waals surface area contributed by atoms with E-state index in [1.807, 2.05) is 12.1 Å². The van der Waals surface area contributed by atoms with Gasteiger partial charge in [-0.1, -0.05) is 26.7 Å². The van der Waals surface area contributed by atoms with Crippen LogP contribution >= 0.6 is 0 Å². The van der Waals surface area contributed by atoms with E-state index in [1.165, 1.54) is 19.3 Å². The summed E-state index contributed by atoms with van der Waals surface area (Å²) in [6.07, 6.45) is 5.53. The molecular weight excluding hydrogens is 210 g/mol. The van der Waals surface area contributed by atoms with Crippen molar-refractivity contribution in [2.75, 3.05) is 5.32 Å². The van der Waals surface area contributed by atoms with Gasteiger partial charge in [-0.05, 0) is 30.4 Å². The van der Waals surface area contributed by atoms with E-state index in [2.05, 4.69) is 30.2 Å². The molecule has 1 fully saturated rings. The second-order valence-electron chi connectivity index (χ2n) is 5.06. The first-order valence-electron chi connectivity index (χ1n) is 6.33. The smallest absolute Gasteiger partial charge is 0.142 e. The van der Waals surface area contributed by atoms with Crippen molar-refractivity contribution in [1.82, 2.24) is 4.98 Å². The highest BCUT2D eigenvalue weighted by molar-refractivity contribution is 5.46. The van der Waals surface area contributed by atoms with E-state index < -0.39 is 0 Å². The predicted molar refractivity (Wildman–Crippen MR) is 68.5 cm³/mol. The van der Waals surface area contributed by atoms with Gasteiger partial charge in [0.1, 0.15) is 11.8 Å². The maximum absolute atomic E-state index is 8.82. The molecule has 0 aliphatic heterocycles. The second kappa shape index (κ2) is 5.18. The summed E-state index contributed by atoms with van der Waals surface area (Å²) in [4.78, 5) is 3.98. The van der Waals surface area contributed by atoms with Gasteiger partial charge in [0.05, 0.1) is 0 Å². The van der Waals surface area contributed by atoms with Gasteiger partial charge in [-0.3, -0.25) is 0 Å². The van der Waals surface area contributed by atoms with Crippen LogP contribution in [0, 0.1) is 23.2 Å². The highest BCUT2D eigenvalue weighted by atomic mass is 14.9. The summed E-state index contributed by atoms with van der Waals surface area (Å²) in [6, 6.07) is 6.36. The SMILES string of the molecule is CC1CCCC(Nc2ccnc(C#N)c2)C1C. The van der Waals surface area contributed by atoms with Crippen molar-refractivity contribution >= 4 is 5.69 Å². The summed E-state index contributed by atoms with van der Waals surface area (Å²) in [5, 5.41) is 12.4. The van der Waals surface area contributed by atoms with Gasteiger partial charge in [-0.25, -0.2) is 4.98 Å². The number of rotatable bonds is 2. The lowest BCUT2D eigenvalue weighted by molar-refractivity contribution is 0.253. The summed E-state index contributed by atoms with van der Waals surface area (Å²) >= 11 is 0. The van der Waals surface area contributed by atoms with Crippen LogP contribution in [0.5, 0.6) is 0 Å². The Balaban J connectivity index is 2.07. The molecule has 17 heavy (non-hydrogen) atoms. The monoisotopic (exact) mass is 229 g/mol. The average molecular weight is 229 g/mol. The van der Waals surface area contributed by atoms with E-state index in [9.17, 15) is 0 Å². The molecule has 2 rings (SSSR count). The lowest BCUT2D eigenvalue weighted by atomic mass is 9.78. The zero-order chi connectivity index (χ0) is 12.3. The fraction of sp³-hybridized carbons (Fsp3) is 0.571. The quantitative estimate of drug-likeness (QED) is 0.847. The van der Waals surface area contributed by atoms with Gasteiger partial charge in [0, 0.05) is 17.9 Å². The summed E-state index contributed by atoms with van der Waals surface area (Å²) in [5.41, 5.74) is 1.49.